The van der Waals surface area contributed by atoms with Gasteiger partial charge in [-0.15, -0.1) is 0 Å². The van der Waals surface area contributed by atoms with Gasteiger partial charge in [-0.2, -0.15) is 0 Å². The summed E-state index contributed by atoms with van der Waals surface area (Å²) in [4.78, 5) is 48.2. The maximum atomic E-state index is 12.9. The third-order valence-corrected chi connectivity index (χ3v) is 5.08. The van der Waals surface area contributed by atoms with E-state index in [9.17, 15) is 24.3 Å². The van der Waals surface area contributed by atoms with Crippen LogP contribution in [-0.2, 0) is 35.1 Å². The molecule has 1 aliphatic rings. The summed E-state index contributed by atoms with van der Waals surface area (Å²) in [6.45, 7) is 6.79. The lowest BCUT2D eigenvalue weighted by molar-refractivity contribution is -0.204. The minimum Gasteiger partial charge on any atom is -0.467 e. The van der Waals surface area contributed by atoms with Crippen LogP contribution in [0.25, 0.3) is 0 Å². The Kier molecular flexibility index (Phi) is 11.1. The van der Waals surface area contributed by atoms with E-state index >= 15 is 0 Å². The Morgan fingerprint density at radius 1 is 1.11 bits per heavy atom. The number of aliphatic hydroxyl groups is 1. The fourth-order valence-electron chi connectivity index (χ4n) is 3.52. The van der Waals surface area contributed by atoms with E-state index < -0.39 is 48.0 Å². The van der Waals surface area contributed by atoms with Crippen LogP contribution in [0.5, 0.6) is 5.75 Å². The van der Waals surface area contributed by atoms with Gasteiger partial charge in [0.15, 0.2) is 6.10 Å². The largest absolute Gasteiger partial charge is 0.467 e. The van der Waals surface area contributed by atoms with Gasteiger partial charge in [0.05, 0.1) is 19.3 Å². The number of alkyl carbamates (subject to hydrolysis) is 1. The molecule has 1 aliphatic heterocycles. The first-order valence-corrected chi connectivity index (χ1v) is 12.0. The summed E-state index contributed by atoms with van der Waals surface area (Å²) in [5.41, 5.74) is 0.0159. The fourth-order valence-corrected chi connectivity index (χ4v) is 3.52. The van der Waals surface area contributed by atoms with E-state index in [1.54, 1.807) is 26.8 Å². The molecule has 3 unspecified atom stereocenters. The van der Waals surface area contributed by atoms with Crippen LogP contribution in [0, 0.1) is 0 Å². The van der Waals surface area contributed by atoms with Crippen LogP contribution >= 0.6 is 0 Å². The summed E-state index contributed by atoms with van der Waals surface area (Å²) in [6, 6.07) is 4.57. The zero-order valence-corrected chi connectivity index (χ0v) is 21.8. The van der Waals surface area contributed by atoms with Crippen molar-refractivity contribution < 1.29 is 48.0 Å². The van der Waals surface area contributed by atoms with Crippen molar-refractivity contribution in [2.75, 3.05) is 20.2 Å². The SMILES string of the molecule is COC(=O)C1CC(OC(C)=O)CC(Oc2ccc(CO)cc2C(=O)NCCCNC(=O)OC(C)(C)C)O1. The summed E-state index contributed by atoms with van der Waals surface area (Å²) >= 11 is 0. The molecule has 37 heavy (non-hydrogen) atoms. The highest BCUT2D eigenvalue weighted by molar-refractivity contribution is 5.97. The van der Waals surface area contributed by atoms with Crippen LogP contribution in [0.2, 0.25) is 0 Å². The minimum absolute atomic E-state index is 0.111. The number of rotatable bonds is 10. The number of amides is 2. The van der Waals surface area contributed by atoms with Crippen molar-refractivity contribution in [1.29, 1.82) is 0 Å². The van der Waals surface area contributed by atoms with Crippen LogP contribution < -0.4 is 15.4 Å². The number of methoxy groups -OCH3 is 1. The minimum atomic E-state index is -1.01. The van der Waals surface area contributed by atoms with Gasteiger partial charge in [-0.25, -0.2) is 9.59 Å². The molecule has 3 N–H and O–H groups in total. The highest BCUT2D eigenvalue weighted by atomic mass is 16.7. The highest BCUT2D eigenvalue weighted by Gasteiger charge is 2.37. The molecule has 206 valence electrons. The molecule has 1 heterocycles. The van der Waals surface area contributed by atoms with E-state index in [1.807, 2.05) is 0 Å². The van der Waals surface area contributed by atoms with Gasteiger partial charge < -0.3 is 39.4 Å². The van der Waals surface area contributed by atoms with Crippen LogP contribution in [0.3, 0.4) is 0 Å². The van der Waals surface area contributed by atoms with Crippen LogP contribution in [-0.4, -0.2) is 73.3 Å². The number of carbonyl (C=O) groups is 4. The zero-order chi connectivity index (χ0) is 27.6. The number of hydrogen-bond donors (Lipinski definition) is 3. The molecular formula is C25H36N2O10. The van der Waals surface area contributed by atoms with E-state index in [0.29, 0.717) is 12.0 Å². The molecule has 1 aromatic rings. The predicted molar refractivity (Wildman–Crippen MR) is 130 cm³/mol. The Labute approximate surface area is 215 Å². The first-order chi connectivity index (χ1) is 17.4. The molecular weight excluding hydrogens is 488 g/mol. The second-order valence-electron chi connectivity index (χ2n) is 9.42. The number of carbonyl (C=O) groups excluding carboxylic acids is 4. The first-order valence-electron chi connectivity index (χ1n) is 12.0. The lowest BCUT2D eigenvalue weighted by Gasteiger charge is -2.33. The number of ether oxygens (including phenoxy) is 5. The van der Waals surface area contributed by atoms with Crippen molar-refractivity contribution in [3.8, 4) is 5.75 Å². The molecule has 2 amide bonds. The van der Waals surface area contributed by atoms with Crippen molar-refractivity contribution in [2.45, 2.75) is 77.7 Å². The topological polar surface area (TPSA) is 159 Å². The van der Waals surface area contributed by atoms with Crippen molar-refractivity contribution in [3.63, 3.8) is 0 Å². The molecule has 0 aromatic heterocycles. The predicted octanol–water partition coefficient (Wildman–Crippen LogP) is 1.81. The molecule has 1 fully saturated rings. The van der Waals surface area contributed by atoms with Gasteiger partial charge in [-0.3, -0.25) is 9.59 Å². The van der Waals surface area contributed by atoms with E-state index in [4.69, 9.17) is 23.7 Å². The smallest absolute Gasteiger partial charge is 0.407 e. The quantitative estimate of drug-likeness (QED) is 0.234. The van der Waals surface area contributed by atoms with Crippen molar-refractivity contribution in [1.82, 2.24) is 10.6 Å². The summed E-state index contributed by atoms with van der Waals surface area (Å²) in [5, 5.41) is 14.9. The fraction of sp³-hybridized carbons (Fsp3) is 0.600. The van der Waals surface area contributed by atoms with Crippen molar-refractivity contribution >= 4 is 23.9 Å². The molecule has 0 radical (unpaired) electrons. The highest BCUT2D eigenvalue weighted by Crippen LogP contribution is 2.28. The Hall–Kier alpha value is -3.38. The van der Waals surface area contributed by atoms with Crippen molar-refractivity contribution in [3.05, 3.63) is 29.3 Å². The van der Waals surface area contributed by atoms with Gasteiger partial charge in [0.1, 0.15) is 17.5 Å². The second-order valence-corrected chi connectivity index (χ2v) is 9.42. The standard InChI is InChI=1S/C25H36N2O10/c1-15(29)34-17-12-20(23(31)33-5)36-21(13-17)35-19-8-7-16(14-28)11-18(19)22(30)26-9-6-10-27-24(32)37-25(2,3)4/h7-8,11,17,20-21,28H,6,9-10,12-14H2,1-5H3,(H,26,30)(H,27,32). The molecule has 12 nitrogen and oxygen atoms in total. The molecule has 1 saturated heterocycles. The molecule has 2 rings (SSSR count). The number of nitrogens with one attached hydrogen (secondary N) is 2. The Balaban J connectivity index is 2.04. The normalized spacial score (nSPS) is 19.4. The Morgan fingerprint density at radius 2 is 1.81 bits per heavy atom. The summed E-state index contributed by atoms with van der Waals surface area (Å²) in [7, 11) is 1.22. The van der Waals surface area contributed by atoms with Gasteiger partial charge >= 0.3 is 18.0 Å². The molecule has 3 atom stereocenters. The monoisotopic (exact) mass is 524 g/mol. The molecule has 1 aromatic carbocycles. The van der Waals surface area contributed by atoms with E-state index in [-0.39, 0.29) is 43.9 Å². The number of aliphatic hydroxyl groups excluding tert-OH is 1. The van der Waals surface area contributed by atoms with E-state index in [0.717, 1.165) is 0 Å². The molecule has 0 saturated carbocycles. The second kappa shape index (κ2) is 13.8. The zero-order valence-electron chi connectivity index (χ0n) is 21.8. The summed E-state index contributed by atoms with van der Waals surface area (Å²) < 4.78 is 26.8. The third-order valence-electron chi connectivity index (χ3n) is 5.08. The molecule has 12 heteroatoms. The Morgan fingerprint density at radius 3 is 2.43 bits per heavy atom. The number of esters is 2. The number of benzene rings is 1. The third kappa shape index (κ3) is 10.3. The maximum absolute atomic E-state index is 12.9. The van der Waals surface area contributed by atoms with Crippen LogP contribution in [0.1, 0.15) is 62.9 Å². The molecule has 0 aliphatic carbocycles. The first kappa shape index (κ1) is 29.8. The summed E-state index contributed by atoms with van der Waals surface area (Å²) in [5.74, 6) is -1.47. The van der Waals surface area contributed by atoms with Crippen molar-refractivity contribution in [2.24, 2.45) is 0 Å². The van der Waals surface area contributed by atoms with Gasteiger partial charge in [-0.05, 0) is 44.9 Å². The summed E-state index contributed by atoms with van der Waals surface area (Å²) in [6.07, 6.45) is -2.53. The van der Waals surface area contributed by atoms with Crippen LogP contribution in [0.4, 0.5) is 4.79 Å². The van der Waals surface area contributed by atoms with E-state index in [2.05, 4.69) is 10.6 Å². The number of hydrogen-bond acceptors (Lipinski definition) is 10. The van der Waals surface area contributed by atoms with Gasteiger partial charge in [0, 0.05) is 32.9 Å². The van der Waals surface area contributed by atoms with Crippen LogP contribution in [0.15, 0.2) is 18.2 Å². The Bertz CT molecular complexity index is 959. The van der Waals surface area contributed by atoms with E-state index in [1.165, 1.54) is 26.2 Å². The average molecular weight is 525 g/mol. The molecule has 0 spiro atoms. The van der Waals surface area contributed by atoms with Gasteiger partial charge in [0.2, 0.25) is 6.29 Å². The lowest BCUT2D eigenvalue weighted by Crippen LogP contribution is -2.44. The van der Waals surface area contributed by atoms with Gasteiger partial charge in [-0.1, -0.05) is 6.07 Å². The van der Waals surface area contributed by atoms with Gasteiger partial charge in [0.25, 0.3) is 5.91 Å². The molecule has 0 bridgehead atoms. The maximum Gasteiger partial charge on any atom is 0.407 e. The average Bonchev–Trinajstić information content (AvgIpc) is 2.81. The lowest BCUT2D eigenvalue weighted by atomic mass is 10.0.